The smallest absolute Gasteiger partial charge is 0.225 e. The molecule has 1 aromatic carbocycles. The summed E-state index contributed by atoms with van der Waals surface area (Å²) in [5.74, 6) is 0.920. The highest BCUT2D eigenvalue weighted by Crippen LogP contribution is 2.25. The Balaban J connectivity index is 1.99. The monoisotopic (exact) mass is 323 g/mol. The van der Waals surface area contributed by atoms with E-state index in [9.17, 15) is 4.39 Å². The molecule has 0 saturated heterocycles. The summed E-state index contributed by atoms with van der Waals surface area (Å²) < 4.78 is 13.3. The zero-order valence-corrected chi connectivity index (χ0v) is 13.5. The molecule has 0 aliphatic carbocycles. The van der Waals surface area contributed by atoms with Gasteiger partial charge in [-0.1, -0.05) is 0 Å². The number of hydrogen-bond donors (Lipinski definition) is 2. The molecule has 0 aliphatic heterocycles. The van der Waals surface area contributed by atoms with E-state index in [1.54, 1.807) is 18.5 Å². The number of anilines is 3. The lowest BCUT2D eigenvalue weighted by Crippen LogP contribution is -2.06. The van der Waals surface area contributed by atoms with Crippen molar-refractivity contribution in [2.75, 3.05) is 17.2 Å². The van der Waals surface area contributed by atoms with Gasteiger partial charge in [0.2, 0.25) is 5.95 Å². The van der Waals surface area contributed by atoms with Crippen molar-refractivity contribution in [3.05, 3.63) is 60.2 Å². The third-order valence-corrected chi connectivity index (χ3v) is 3.49. The zero-order chi connectivity index (χ0) is 16.9. The predicted octanol–water partition coefficient (Wildman–Crippen LogP) is 4.16. The molecule has 24 heavy (non-hydrogen) atoms. The maximum atomic E-state index is 13.3. The van der Waals surface area contributed by atoms with Gasteiger partial charge in [0, 0.05) is 36.3 Å². The van der Waals surface area contributed by atoms with Gasteiger partial charge in [0.1, 0.15) is 11.6 Å². The predicted molar refractivity (Wildman–Crippen MR) is 93.8 cm³/mol. The lowest BCUT2D eigenvalue weighted by molar-refractivity contribution is 0.627. The van der Waals surface area contributed by atoms with Gasteiger partial charge in [-0.3, -0.25) is 4.98 Å². The fraction of sp³-hybridized carbons (Fsp3) is 0.167. The SMILES string of the molecule is CCNc1nc(Nc2ccc(F)cc2C)cc(-c2ccncc2)n1. The molecule has 2 aromatic heterocycles. The van der Waals surface area contributed by atoms with E-state index in [4.69, 9.17) is 0 Å². The minimum Gasteiger partial charge on any atom is -0.354 e. The van der Waals surface area contributed by atoms with Gasteiger partial charge in [-0.05, 0) is 49.7 Å². The van der Waals surface area contributed by atoms with Crippen LogP contribution in [0.15, 0.2) is 48.8 Å². The van der Waals surface area contributed by atoms with Crippen LogP contribution in [0.1, 0.15) is 12.5 Å². The first-order valence-corrected chi connectivity index (χ1v) is 7.72. The van der Waals surface area contributed by atoms with E-state index in [-0.39, 0.29) is 5.82 Å². The Morgan fingerprint density at radius 3 is 2.54 bits per heavy atom. The Bertz CT molecular complexity index is 836. The van der Waals surface area contributed by atoms with Crippen LogP contribution in [-0.4, -0.2) is 21.5 Å². The van der Waals surface area contributed by atoms with E-state index in [1.165, 1.54) is 12.1 Å². The van der Waals surface area contributed by atoms with Gasteiger partial charge in [0.25, 0.3) is 0 Å². The van der Waals surface area contributed by atoms with Crippen molar-refractivity contribution in [2.45, 2.75) is 13.8 Å². The molecule has 122 valence electrons. The molecular weight excluding hydrogens is 305 g/mol. The molecule has 2 heterocycles. The lowest BCUT2D eigenvalue weighted by atomic mass is 10.1. The van der Waals surface area contributed by atoms with Crippen LogP contribution in [0.3, 0.4) is 0 Å². The second-order valence-electron chi connectivity index (χ2n) is 5.31. The Morgan fingerprint density at radius 1 is 1.04 bits per heavy atom. The molecule has 0 saturated carbocycles. The van der Waals surface area contributed by atoms with Crippen LogP contribution in [0, 0.1) is 12.7 Å². The summed E-state index contributed by atoms with van der Waals surface area (Å²) in [6.07, 6.45) is 3.45. The number of aromatic nitrogens is 3. The number of aryl methyl sites for hydroxylation is 1. The molecule has 3 rings (SSSR count). The standard InChI is InChI=1S/C18H18FN5/c1-3-21-18-23-16(13-6-8-20-9-7-13)11-17(24-18)22-15-5-4-14(19)10-12(15)2/h4-11H,3H2,1-2H3,(H2,21,22,23,24). The number of benzene rings is 1. The fourth-order valence-corrected chi connectivity index (χ4v) is 2.32. The molecule has 2 N–H and O–H groups in total. The van der Waals surface area contributed by atoms with Crippen molar-refractivity contribution in [3.63, 3.8) is 0 Å². The van der Waals surface area contributed by atoms with E-state index in [1.807, 2.05) is 32.0 Å². The van der Waals surface area contributed by atoms with Crippen molar-refractivity contribution in [1.82, 2.24) is 15.0 Å². The van der Waals surface area contributed by atoms with E-state index in [2.05, 4.69) is 25.6 Å². The minimum atomic E-state index is -0.258. The van der Waals surface area contributed by atoms with Crippen LogP contribution < -0.4 is 10.6 Å². The molecule has 0 fully saturated rings. The fourth-order valence-electron chi connectivity index (χ4n) is 2.32. The minimum absolute atomic E-state index is 0.258. The quantitative estimate of drug-likeness (QED) is 0.738. The van der Waals surface area contributed by atoms with Crippen molar-refractivity contribution in [2.24, 2.45) is 0 Å². The first-order chi connectivity index (χ1) is 11.7. The van der Waals surface area contributed by atoms with E-state index < -0.39 is 0 Å². The molecule has 6 heteroatoms. The maximum Gasteiger partial charge on any atom is 0.225 e. The second-order valence-corrected chi connectivity index (χ2v) is 5.31. The first-order valence-electron chi connectivity index (χ1n) is 7.72. The molecule has 0 amide bonds. The summed E-state index contributed by atoms with van der Waals surface area (Å²) in [5, 5.41) is 6.36. The Labute approximate surface area is 140 Å². The largest absolute Gasteiger partial charge is 0.354 e. The van der Waals surface area contributed by atoms with Crippen molar-refractivity contribution < 1.29 is 4.39 Å². The molecule has 0 aliphatic rings. The van der Waals surface area contributed by atoms with Crippen molar-refractivity contribution in [3.8, 4) is 11.3 Å². The van der Waals surface area contributed by atoms with Crippen LogP contribution in [0.2, 0.25) is 0 Å². The number of nitrogens with one attached hydrogen (secondary N) is 2. The van der Waals surface area contributed by atoms with Gasteiger partial charge in [0.05, 0.1) is 5.69 Å². The molecule has 0 bridgehead atoms. The summed E-state index contributed by atoms with van der Waals surface area (Å²) >= 11 is 0. The molecule has 0 spiro atoms. The Morgan fingerprint density at radius 2 is 1.83 bits per heavy atom. The van der Waals surface area contributed by atoms with Crippen molar-refractivity contribution >= 4 is 17.5 Å². The number of rotatable bonds is 5. The van der Waals surface area contributed by atoms with Gasteiger partial charge < -0.3 is 10.6 Å². The summed E-state index contributed by atoms with van der Waals surface area (Å²) in [4.78, 5) is 13.0. The van der Waals surface area contributed by atoms with E-state index in [0.717, 1.165) is 29.1 Å². The highest BCUT2D eigenvalue weighted by Gasteiger charge is 2.08. The van der Waals surface area contributed by atoms with Crippen LogP contribution in [0.5, 0.6) is 0 Å². The normalized spacial score (nSPS) is 10.5. The second kappa shape index (κ2) is 7.04. The molecule has 5 nitrogen and oxygen atoms in total. The summed E-state index contributed by atoms with van der Waals surface area (Å²) in [5.41, 5.74) is 3.35. The van der Waals surface area contributed by atoms with Crippen LogP contribution in [-0.2, 0) is 0 Å². The topological polar surface area (TPSA) is 62.7 Å². The molecule has 0 radical (unpaired) electrons. The zero-order valence-electron chi connectivity index (χ0n) is 13.5. The number of halogens is 1. The number of pyridine rings is 1. The highest BCUT2D eigenvalue weighted by molar-refractivity contribution is 5.68. The maximum absolute atomic E-state index is 13.3. The van der Waals surface area contributed by atoms with E-state index in [0.29, 0.717) is 11.8 Å². The molecule has 0 atom stereocenters. The molecular formula is C18H18FN5. The number of nitrogens with zero attached hydrogens (tertiary/aromatic N) is 3. The highest BCUT2D eigenvalue weighted by atomic mass is 19.1. The molecule has 3 aromatic rings. The Kier molecular flexibility index (Phi) is 4.65. The van der Waals surface area contributed by atoms with Gasteiger partial charge >= 0.3 is 0 Å². The average molecular weight is 323 g/mol. The molecule has 0 unspecified atom stereocenters. The van der Waals surface area contributed by atoms with Gasteiger partial charge in [-0.2, -0.15) is 4.98 Å². The lowest BCUT2D eigenvalue weighted by Gasteiger charge is -2.12. The summed E-state index contributed by atoms with van der Waals surface area (Å²) in [7, 11) is 0. The first kappa shape index (κ1) is 15.9. The average Bonchev–Trinajstić information content (AvgIpc) is 2.58. The van der Waals surface area contributed by atoms with Gasteiger partial charge in [-0.15, -0.1) is 0 Å². The van der Waals surface area contributed by atoms with Crippen LogP contribution in [0.25, 0.3) is 11.3 Å². The van der Waals surface area contributed by atoms with E-state index >= 15 is 0 Å². The third kappa shape index (κ3) is 3.65. The number of hydrogen-bond acceptors (Lipinski definition) is 5. The summed E-state index contributed by atoms with van der Waals surface area (Å²) in [6, 6.07) is 10.3. The van der Waals surface area contributed by atoms with Crippen LogP contribution >= 0.6 is 0 Å². The Hall–Kier alpha value is -3.02. The van der Waals surface area contributed by atoms with Crippen LogP contribution in [0.4, 0.5) is 21.8 Å². The third-order valence-electron chi connectivity index (χ3n) is 3.49. The van der Waals surface area contributed by atoms with Gasteiger partial charge in [-0.25, -0.2) is 9.37 Å². The summed E-state index contributed by atoms with van der Waals surface area (Å²) in [6.45, 7) is 4.55. The van der Waals surface area contributed by atoms with Crippen molar-refractivity contribution in [1.29, 1.82) is 0 Å². The van der Waals surface area contributed by atoms with Gasteiger partial charge in [0.15, 0.2) is 0 Å².